The van der Waals surface area contributed by atoms with Gasteiger partial charge in [-0.3, -0.25) is 4.79 Å². The third-order valence-electron chi connectivity index (χ3n) is 4.58. The molecule has 2 N–H and O–H groups in total. The molecular weight excluding hydrogens is 382 g/mol. The lowest BCUT2D eigenvalue weighted by Crippen LogP contribution is -2.11. The number of furan rings is 1. The molecule has 8 heteroatoms. The van der Waals surface area contributed by atoms with Gasteiger partial charge < -0.3 is 19.8 Å². The number of rotatable bonds is 7. The second-order valence-corrected chi connectivity index (χ2v) is 6.64. The number of nitrogens with zero attached hydrogens (tertiary/aromatic N) is 3. The van der Waals surface area contributed by atoms with E-state index in [9.17, 15) is 4.79 Å². The molecule has 0 bridgehead atoms. The second-order valence-electron chi connectivity index (χ2n) is 6.64. The average Bonchev–Trinajstić information content (AvgIpc) is 3.46. The van der Waals surface area contributed by atoms with Crippen LogP contribution in [0.15, 0.2) is 71.7 Å². The molecule has 0 radical (unpaired) electrons. The summed E-state index contributed by atoms with van der Waals surface area (Å²) in [5.74, 6) is 1.41. The standard InChI is InChI=1S/C22H21N5O3/c1-15-11-18(29-2)7-9-20(15)24-12-19-8-10-21(30-19)22(28)26-16-3-5-17(6-4-16)27-14-23-13-25-27/h3-11,13-14,24H,12H2,1-2H3,(H,26,28). The van der Waals surface area contributed by atoms with Crippen molar-refractivity contribution >= 4 is 17.3 Å². The number of anilines is 2. The Balaban J connectivity index is 1.36. The topological polar surface area (TPSA) is 94.2 Å². The normalized spacial score (nSPS) is 10.6. The number of ether oxygens (including phenoxy) is 1. The molecule has 2 heterocycles. The lowest BCUT2D eigenvalue weighted by Gasteiger charge is -2.09. The molecule has 152 valence electrons. The number of aromatic nitrogens is 3. The maximum absolute atomic E-state index is 12.5. The second kappa shape index (κ2) is 8.52. The van der Waals surface area contributed by atoms with Crippen LogP contribution in [0.1, 0.15) is 21.9 Å². The molecule has 30 heavy (non-hydrogen) atoms. The first kappa shape index (κ1) is 19.3. The summed E-state index contributed by atoms with van der Waals surface area (Å²) in [5.41, 5.74) is 3.55. The molecule has 2 aromatic heterocycles. The number of carbonyl (C=O) groups is 1. The monoisotopic (exact) mass is 403 g/mol. The van der Waals surface area contributed by atoms with Crippen LogP contribution in [0, 0.1) is 6.92 Å². The minimum Gasteiger partial charge on any atom is -0.497 e. The van der Waals surface area contributed by atoms with Crippen LogP contribution >= 0.6 is 0 Å². The van der Waals surface area contributed by atoms with E-state index >= 15 is 0 Å². The van der Waals surface area contributed by atoms with E-state index in [2.05, 4.69) is 20.7 Å². The number of amides is 1. The molecule has 0 saturated heterocycles. The number of nitrogens with one attached hydrogen (secondary N) is 2. The summed E-state index contributed by atoms with van der Waals surface area (Å²) in [4.78, 5) is 16.4. The van der Waals surface area contributed by atoms with Crippen LogP contribution in [-0.2, 0) is 6.54 Å². The molecule has 0 atom stereocenters. The fourth-order valence-electron chi connectivity index (χ4n) is 2.97. The summed E-state index contributed by atoms with van der Waals surface area (Å²) < 4.78 is 12.5. The molecule has 0 unspecified atom stereocenters. The zero-order valence-electron chi connectivity index (χ0n) is 16.6. The van der Waals surface area contributed by atoms with Crippen LogP contribution in [-0.4, -0.2) is 27.8 Å². The van der Waals surface area contributed by atoms with Gasteiger partial charge in [0.1, 0.15) is 24.2 Å². The third kappa shape index (κ3) is 4.33. The molecule has 0 fully saturated rings. The van der Waals surface area contributed by atoms with Gasteiger partial charge in [0.15, 0.2) is 5.76 Å². The van der Waals surface area contributed by atoms with Gasteiger partial charge in [0.25, 0.3) is 5.91 Å². The van der Waals surface area contributed by atoms with E-state index in [-0.39, 0.29) is 11.7 Å². The summed E-state index contributed by atoms with van der Waals surface area (Å²) in [6, 6.07) is 16.5. The van der Waals surface area contributed by atoms with Crippen molar-refractivity contribution in [1.29, 1.82) is 0 Å². The molecule has 4 rings (SSSR count). The molecule has 0 spiro atoms. The summed E-state index contributed by atoms with van der Waals surface area (Å²) in [6.07, 6.45) is 3.08. The largest absolute Gasteiger partial charge is 0.497 e. The first-order valence-corrected chi connectivity index (χ1v) is 9.36. The Morgan fingerprint density at radius 1 is 1.13 bits per heavy atom. The maximum atomic E-state index is 12.5. The fourth-order valence-corrected chi connectivity index (χ4v) is 2.97. The van der Waals surface area contributed by atoms with Crippen LogP contribution in [0.4, 0.5) is 11.4 Å². The molecule has 2 aromatic carbocycles. The van der Waals surface area contributed by atoms with E-state index in [1.807, 2.05) is 37.3 Å². The number of aryl methyl sites for hydroxylation is 1. The zero-order valence-corrected chi connectivity index (χ0v) is 16.6. The van der Waals surface area contributed by atoms with Crippen molar-refractivity contribution in [3.05, 3.63) is 84.3 Å². The van der Waals surface area contributed by atoms with E-state index in [4.69, 9.17) is 9.15 Å². The van der Waals surface area contributed by atoms with Crippen molar-refractivity contribution in [1.82, 2.24) is 14.8 Å². The maximum Gasteiger partial charge on any atom is 0.291 e. The van der Waals surface area contributed by atoms with Gasteiger partial charge in [-0.15, -0.1) is 0 Å². The Morgan fingerprint density at radius 3 is 2.67 bits per heavy atom. The molecule has 8 nitrogen and oxygen atoms in total. The predicted molar refractivity (Wildman–Crippen MR) is 113 cm³/mol. The van der Waals surface area contributed by atoms with Crippen molar-refractivity contribution in [3.8, 4) is 11.4 Å². The summed E-state index contributed by atoms with van der Waals surface area (Å²) >= 11 is 0. The summed E-state index contributed by atoms with van der Waals surface area (Å²) in [5, 5.41) is 10.2. The Kier molecular flexibility index (Phi) is 5.47. The molecule has 4 aromatic rings. The average molecular weight is 403 g/mol. The highest BCUT2D eigenvalue weighted by Crippen LogP contribution is 2.22. The quantitative estimate of drug-likeness (QED) is 0.484. The van der Waals surface area contributed by atoms with Gasteiger partial charge in [0, 0.05) is 11.4 Å². The highest BCUT2D eigenvalue weighted by atomic mass is 16.5. The first-order chi connectivity index (χ1) is 14.6. The number of benzene rings is 2. The van der Waals surface area contributed by atoms with Crippen LogP contribution in [0.2, 0.25) is 0 Å². The Hall–Kier alpha value is -4.07. The fraction of sp³-hybridized carbons (Fsp3) is 0.136. The third-order valence-corrected chi connectivity index (χ3v) is 4.58. The molecular formula is C22H21N5O3. The van der Waals surface area contributed by atoms with Crippen molar-refractivity contribution in [2.24, 2.45) is 0 Å². The van der Waals surface area contributed by atoms with Crippen LogP contribution in [0.3, 0.4) is 0 Å². The van der Waals surface area contributed by atoms with Gasteiger partial charge in [-0.1, -0.05) is 0 Å². The van der Waals surface area contributed by atoms with Gasteiger partial charge in [0.05, 0.1) is 19.3 Å². The smallest absolute Gasteiger partial charge is 0.291 e. The molecule has 0 saturated carbocycles. The van der Waals surface area contributed by atoms with Crippen molar-refractivity contribution in [3.63, 3.8) is 0 Å². The van der Waals surface area contributed by atoms with Gasteiger partial charge in [-0.2, -0.15) is 5.10 Å². The minimum absolute atomic E-state index is 0.249. The Bertz CT molecular complexity index is 1130. The van der Waals surface area contributed by atoms with Crippen molar-refractivity contribution in [2.45, 2.75) is 13.5 Å². The van der Waals surface area contributed by atoms with Crippen molar-refractivity contribution < 1.29 is 13.9 Å². The Morgan fingerprint density at radius 2 is 1.97 bits per heavy atom. The number of hydrogen-bond donors (Lipinski definition) is 2. The molecule has 0 aliphatic rings. The number of carbonyl (C=O) groups excluding carboxylic acids is 1. The van der Waals surface area contributed by atoms with Crippen LogP contribution in [0.25, 0.3) is 5.69 Å². The van der Waals surface area contributed by atoms with E-state index in [0.717, 1.165) is 22.7 Å². The number of hydrogen-bond acceptors (Lipinski definition) is 6. The van der Waals surface area contributed by atoms with Crippen molar-refractivity contribution in [2.75, 3.05) is 17.7 Å². The van der Waals surface area contributed by atoms with Crippen LogP contribution < -0.4 is 15.4 Å². The minimum atomic E-state index is -0.310. The molecule has 0 aliphatic carbocycles. The van der Waals surface area contributed by atoms with Crippen LogP contribution in [0.5, 0.6) is 5.75 Å². The SMILES string of the molecule is COc1ccc(NCc2ccc(C(=O)Nc3ccc(-n4cncn4)cc3)o2)c(C)c1. The zero-order chi connectivity index (χ0) is 20.9. The van der Waals surface area contributed by atoms with Gasteiger partial charge in [0.2, 0.25) is 0 Å². The highest BCUT2D eigenvalue weighted by Gasteiger charge is 2.12. The Labute approximate surface area is 173 Å². The van der Waals surface area contributed by atoms with Gasteiger partial charge >= 0.3 is 0 Å². The summed E-state index contributed by atoms with van der Waals surface area (Å²) in [7, 11) is 1.64. The van der Waals surface area contributed by atoms with Gasteiger partial charge in [-0.25, -0.2) is 9.67 Å². The highest BCUT2D eigenvalue weighted by molar-refractivity contribution is 6.02. The lowest BCUT2D eigenvalue weighted by molar-refractivity contribution is 0.0995. The first-order valence-electron chi connectivity index (χ1n) is 9.36. The molecule has 1 amide bonds. The summed E-state index contributed by atoms with van der Waals surface area (Å²) in [6.45, 7) is 2.47. The van der Waals surface area contributed by atoms with E-state index < -0.39 is 0 Å². The lowest BCUT2D eigenvalue weighted by atomic mass is 10.2. The van der Waals surface area contributed by atoms with E-state index in [1.165, 1.54) is 6.33 Å². The predicted octanol–water partition coefficient (Wildman–Crippen LogP) is 4.04. The van der Waals surface area contributed by atoms with Gasteiger partial charge in [-0.05, 0) is 67.1 Å². The molecule has 0 aliphatic heterocycles. The van der Waals surface area contributed by atoms with E-state index in [1.54, 1.807) is 42.4 Å². The number of methoxy groups -OCH3 is 1. The van der Waals surface area contributed by atoms with E-state index in [0.29, 0.717) is 18.0 Å².